The summed E-state index contributed by atoms with van der Waals surface area (Å²) in [4.78, 5) is 47.7. The van der Waals surface area contributed by atoms with Gasteiger partial charge in [-0.2, -0.15) is 13.8 Å². The zero-order valence-electron chi connectivity index (χ0n) is 32.0. The number of rotatable bonds is 8. The van der Waals surface area contributed by atoms with Crippen LogP contribution in [0.15, 0.2) is 42.7 Å². The van der Waals surface area contributed by atoms with Crippen LogP contribution in [0.4, 0.5) is 26.0 Å². The second-order valence-electron chi connectivity index (χ2n) is 17.6. The molecule has 6 heterocycles. The number of carbonyl (C=O) groups excluding carboxylic acids is 2. The number of imidazole rings is 1. The van der Waals surface area contributed by atoms with E-state index in [1.165, 1.54) is 12.5 Å². The van der Waals surface area contributed by atoms with E-state index in [9.17, 15) is 23.5 Å². The molecule has 8 rings (SSSR count). The Morgan fingerprint density at radius 2 is 1.76 bits per heavy atom. The van der Waals surface area contributed by atoms with Gasteiger partial charge in [0.15, 0.2) is 5.82 Å². The fraction of sp³-hybridized carbons (Fsp3) is 0.537. The first kappa shape index (κ1) is 36.5. The van der Waals surface area contributed by atoms with Gasteiger partial charge in [-0.05, 0) is 102 Å². The number of piperidine rings is 1. The van der Waals surface area contributed by atoms with Crippen LogP contribution in [0.3, 0.4) is 0 Å². The van der Waals surface area contributed by atoms with E-state index in [0.29, 0.717) is 59.9 Å². The van der Waals surface area contributed by atoms with Crippen LogP contribution in [0.5, 0.6) is 0 Å². The number of aliphatic hydroxyl groups excluding tert-OH is 1. The van der Waals surface area contributed by atoms with Gasteiger partial charge >= 0.3 is 0 Å². The number of aliphatic hydroxyl groups is 1. The molecule has 4 aromatic rings. The number of carbonyl (C=O) groups is 2. The minimum absolute atomic E-state index is 0.0142. The number of fused-ring (bicyclic) bond motifs is 3. The van der Waals surface area contributed by atoms with E-state index in [1.54, 1.807) is 25.1 Å². The van der Waals surface area contributed by atoms with Crippen molar-refractivity contribution in [2.24, 2.45) is 10.8 Å². The van der Waals surface area contributed by atoms with Gasteiger partial charge in [-0.1, -0.05) is 26.0 Å². The van der Waals surface area contributed by atoms with E-state index in [0.717, 1.165) is 48.8 Å². The molecular formula is C41H50F2N8O3. The van der Waals surface area contributed by atoms with Gasteiger partial charge < -0.3 is 24.8 Å². The Hall–Kier alpha value is -4.49. The fourth-order valence-electron chi connectivity index (χ4n) is 9.04. The molecule has 2 N–H and O–H groups in total. The summed E-state index contributed by atoms with van der Waals surface area (Å²) >= 11 is 0. The van der Waals surface area contributed by atoms with Crippen LogP contribution in [0.2, 0.25) is 0 Å². The van der Waals surface area contributed by atoms with Gasteiger partial charge in [-0.3, -0.25) is 14.5 Å². The molecule has 13 heteroatoms. The van der Waals surface area contributed by atoms with Crippen molar-refractivity contribution in [2.45, 2.75) is 97.2 Å². The maximum Gasteiger partial charge on any atom is 0.239 e. The maximum atomic E-state index is 14.9. The Morgan fingerprint density at radius 1 is 1.02 bits per heavy atom. The number of pyridine rings is 2. The third kappa shape index (κ3) is 6.03. The number of hydrogen-bond donors (Lipinski definition) is 2. The van der Waals surface area contributed by atoms with Crippen molar-refractivity contribution in [3.8, 4) is 11.3 Å². The molecule has 11 nitrogen and oxygen atoms in total. The smallest absolute Gasteiger partial charge is 0.239 e. The highest BCUT2D eigenvalue weighted by molar-refractivity contribution is 6.09. The molecule has 3 fully saturated rings. The van der Waals surface area contributed by atoms with Crippen LogP contribution in [0.1, 0.15) is 85.3 Å². The Kier molecular flexibility index (Phi) is 8.83. The average Bonchev–Trinajstić information content (AvgIpc) is 3.78. The monoisotopic (exact) mass is 740 g/mol. The molecule has 0 bridgehead atoms. The Balaban J connectivity index is 1.17. The van der Waals surface area contributed by atoms with Gasteiger partial charge in [0.1, 0.15) is 5.52 Å². The number of nitrogens with zero attached hydrogens (tertiary/aromatic N) is 7. The molecule has 2 saturated heterocycles. The first-order valence-corrected chi connectivity index (χ1v) is 19.2. The number of likely N-dealkylation sites (tertiary alicyclic amines) is 2. The molecule has 1 aromatic carbocycles. The first-order chi connectivity index (χ1) is 25.6. The topological polar surface area (TPSA) is 120 Å². The van der Waals surface area contributed by atoms with E-state index in [2.05, 4.69) is 40.1 Å². The van der Waals surface area contributed by atoms with Crippen LogP contribution in [0.25, 0.3) is 22.3 Å². The maximum absolute atomic E-state index is 14.9. The molecule has 0 unspecified atom stereocenters. The van der Waals surface area contributed by atoms with Crippen molar-refractivity contribution < 1.29 is 23.5 Å². The molecule has 1 saturated carbocycles. The third-order valence-corrected chi connectivity index (χ3v) is 12.4. The molecule has 1 spiro atoms. The van der Waals surface area contributed by atoms with Gasteiger partial charge in [0.25, 0.3) is 0 Å². The predicted molar refractivity (Wildman–Crippen MR) is 203 cm³/mol. The molecule has 1 aliphatic carbocycles. The second kappa shape index (κ2) is 13.1. The van der Waals surface area contributed by atoms with E-state index in [-0.39, 0.29) is 36.2 Å². The SMILES string of the molecule is CC(C)n1cnc2cc(-c3ccc4c(c3)N([C@H]3C[C@@H](N5CCC(C)(C)C5)C3)C(=O)C43CCN(C(=O)C(C)(C)CO)CC3)nc(Nc3ccc(F)nc3F)c21. The lowest BCUT2D eigenvalue weighted by Gasteiger charge is -2.47. The highest BCUT2D eigenvalue weighted by Crippen LogP contribution is 2.52. The molecule has 0 atom stereocenters. The van der Waals surface area contributed by atoms with Crippen molar-refractivity contribution >= 4 is 40.0 Å². The second-order valence-corrected chi connectivity index (χ2v) is 17.6. The van der Waals surface area contributed by atoms with E-state index < -0.39 is 22.7 Å². The number of amides is 2. The van der Waals surface area contributed by atoms with Crippen molar-refractivity contribution in [3.63, 3.8) is 0 Å². The van der Waals surface area contributed by atoms with Crippen LogP contribution >= 0.6 is 0 Å². The Labute approximate surface area is 314 Å². The largest absolute Gasteiger partial charge is 0.395 e. The zero-order valence-corrected chi connectivity index (χ0v) is 32.0. The standard InChI is InChI=1S/C41H50F2N8O3/c1-24(2)50-23-44-31-20-30(46-36(34(31)50)45-29-9-10-33(42)47-35(29)43)25-7-8-28-32(17-25)51(27-18-26(19-27)49-14-11-39(3,4)21-49)38(54)41(28)12-15-48(16-13-41)37(53)40(5,6)22-52/h7-10,17,20,23-24,26-27,52H,11-16,18-19,21-22H2,1-6H3,(H,45,46)/t26-,27+. The fourth-order valence-corrected chi connectivity index (χ4v) is 9.04. The Morgan fingerprint density at radius 3 is 2.41 bits per heavy atom. The minimum atomic E-state index is -0.980. The molecule has 2 amide bonds. The molecule has 3 aromatic heterocycles. The summed E-state index contributed by atoms with van der Waals surface area (Å²) < 4.78 is 30.5. The molecule has 286 valence electrons. The van der Waals surface area contributed by atoms with Crippen LogP contribution < -0.4 is 10.2 Å². The molecular weight excluding hydrogens is 691 g/mol. The summed E-state index contributed by atoms with van der Waals surface area (Å²) in [6.45, 7) is 14.9. The molecule has 4 aliphatic rings. The van der Waals surface area contributed by atoms with Crippen molar-refractivity contribution in [1.82, 2.24) is 29.3 Å². The number of aromatic nitrogens is 4. The lowest BCUT2D eigenvalue weighted by atomic mass is 9.73. The number of hydrogen-bond acceptors (Lipinski definition) is 8. The summed E-state index contributed by atoms with van der Waals surface area (Å²) in [5.74, 6) is -1.55. The van der Waals surface area contributed by atoms with E-state index >= 15 is 0 Å². The van der Waals surface area contributed by atoms with Gasteiger partial charge in [0.05, 0.1) is 40.7 Å². The first-order valence-electron chi connectivity index (χ1n) is 19.2. The lowest BCUT2D eigenvalue weighted by Crippen LogP contribution is -2.58. The molecule has 54 heavy (non-hydrogen) atoms. The van der Waals surface area contributed by atoms with E-state index in [1.807, 2.05) is 41.5 Å². The number of nitrogens with one attached hydrogen (secondary N) is 1. The minimum Gasteiger partial charge on any atom is -0.395 e. The summed E-state index contributed by atoms with van der Waals surface area (Å²) in [6, 6.07) is 10.9. The zero-order chi connectivity index (χ0) is 38.3. The molecule has 0 radical (unpaired) electrons. The quantitative estimate of drug-likeness (QED) is 0.195. The van der Waals surface area contributed by atoms with Gasteiger partial charge in [0.2, 0.25) is 23.7 Å². The van der Waals surface area contributed by atoms with Gasteiger partial charge in [0, 0.05) is 49.0 Å². The number of anilines is 3. The summed E-state index contributed by atoms with van der Waals surface area (Å²) in [5, 5.41) is 12.9. The van der Waals surface area contributed by atoms with Crippen molar-refractivity contribution in [3.05, 3.63) is 60.2 Å². The number of benzene rings is 1. The highest BCUT2D eigenvalue weighted by Gasteiger charge is 2.56. The summed E-state index contributed by atoms with van der Waals surface area (Å²) in [5.41, 5.74) is 3.15. The average molecular weight is 741 g/mol. The predicted octanol–water partition coefficient (Wildman–Crippen LogP) is 6.58. The lowest BCUT2D eigenvalue weighted by molar-refractivity contribution is -0.145. The highest BCUT2D eigenvalue weighted by atomic mass is 19.1. The summed E-state index contributed by atoms with van der Waals surface area (Å²) in [7, 11) is 0. The van der Waals surface area contributed by atoms with E-state index in [4.69, 9.17) is 4.98 Å². The van der Waals surface area contributed by atoms with Gasteiger partial charge in [-0.25, -0.2) is 9.97 Å². The third-order valence-electron chi connectivity index (χ3n) is 12.4. The van der Waals surface area contributed by atoms with Crippen molar-refractivity contribution in [1.29, 1.82) is 0 Å². The molecule has 3 aliphatic heterocycles. The number of halogens is 2. The van der Waals surface area contributed by atoms with Crippen LogP contribution in [-0.2, 0) is 15.0 Å². The van der Waals surface area contributed by atoms with Crippen LogP contribution in [0, 0.1) is 22.7 Å². The van der Waals surface area contributed by atoms with Gasteiger partial charge in [-0.15, -0.1) is 0 Å². The normalized spacial score (nSPS) is 22.4. The van der Waals surface area contributed by atoms with Crippen molar-refractivity contribution in [2.75, 3.05) is 43.0 Å². The summed E-state index contributed by atoms with van der Waals surface area (Å²) in [6.07, 6.45) is 5.70. The van der Waals surface area contributed by atoms with Crippen LogP contribution in [-0.4, -0.2) is 91.1 Å². The Bertz CT molecular complexity index is 2130.